The van der Waals surface area contributed by atoms with Gasteiger partial charge in [0, 0.05) is 35.5 Å². The summed E-state index contributed by atoms with van der Waals surface area (Å²) in [6, 6.07) is 17.6. The Morgan fingerprint density at radius 1 is 0.906 bits per heavy atom. The van der Waals surface area contributed by atoms with Crippen molar-refractivity contribution in [1.29, 1.82) is 0 Å². The lowest BCUT2D eigenvalue weighted by molar-refractivity contribution is 0.0744. The molecule has 162 valence electrons. The van der Waals surface area contributed by atoms with E-state index < -0.39 is 0 Å². The van der Waals surface area contributed by atoms with Gasteiger partial charge in [0.1, 0.15) is 0 Å². The Hall–Kier alpha value is -3.73. The number of rotatable bonds is 6. The van der Waals surface area contributed by atoms with Crippen LogP contribution in [0, 0.1) is 20.8 Å². The maximum atomic E-state index is 13.3. The molecule has 2 aromatic heterocycles. The average Bonchev–Trinajstić information content (AvgIpc) is 2.81. The molecule has 1 N–H and O–H groups in total. The number of carbonyl (C=O) groups excluding carboxylic acids is 1. The molecule has 0 aliphatic carbocycles. The number of aryl methyl sites for hydroxylation is 3. The number of fused-ring (bicyclic) bond motifs is 1. The van der Waals surface area contributed by atoms with Gasteiger partial charge in [0.2, 0.25) is 0 Å². The van der Waals surface area contributed by atoms with Gasteiger partial charge in [-0.15, -0.1) is 0 Å². The van der Waals surface area contributed by atoms with Crippen LogP contribution in [0.15, 0.2) is 71.8 Å². The lowest BCUT2D eigenvalue weighted by atomic mass is 10.0. The molecule has 5 heteroatoms. The minimum Gasteiger partial charge on any atom is -0.334 e. The highest BCUT2D eigenvalue weighted by Gasteiger charge is 2.19. The molecule has 0 saturated heterocycles. The van der Waals surface area contributed by atoms with Gasteiger partial charge in [-0.25, -0.2) is 0 Å². The second-order valence-corrected chi connectivity index (χ2v) is 8.25. The summed E-state index contributed by atoms with van der Waals surface area (Å²) >= 11 is 0. The van der Waals surface area contributed by atoms with Crippen molar-refractivity contribution >= 4 is 16.8 Å². The number of nitrogens with one attached hydrogen (secondary N) is 1. The quantitative estimate of drug-likeness (QED) is 0.486. The number of nitrogens with zero attached hydrogens (tertiary/aromatic N) is 2. The van der Waals surface area contributed by atoms with E-state index in [1.54, 1.807) is 29.4 Å². The molecule has 4 aromatic rings. The van der Waals surface area contributed by atoms with Crippen LogP contribution >= 0.6 is 0 Å². The van der Waals surface area contributed by atoms with Crippen LogP contribution in [0.4, 0.5) is 0 Å². The first-order chi connectivity index (χ1) is 15.4. The zero-order valence-electron chi connectivity index (χ0n) is 18.7. The van der Waals surface area contributed by atoms with Gasteiger partial charge in [-0.1, -0.05) is 36.4 Å². The summed E-state index contributed by atoms with van der Waals surface area (Å²) in [7, 11) is 0. The van der Waals surface area contributed by atoms with Crippen molar-refractivity contribution < 1.29 is 4.79 Å². The number of aromatic nitrogens is 2. The van der Waals surface area contributed by atoms with E-state index in [9.17, 15) is 9.59 Å². The molecule has 0 saturated carbocycles. The number of pyridine rings is 2. The minimum atomic E-state index is -0.158. The average molecular weight is 426 g/mol. The van der Waals surface area contributed by atoms with E-state index in [1.165, 1.54) is 11.1 Å². The van der Waals surface area contributed by atoms with Gasteiger partial charge in [0.25, 0.3) is 11.5 Å². The van der Waals surface area contributed by atoms with Gasteiger partial charge in [-0.2, -0.15) is 0 Å². The fourth-order valence-corrected chi connectivity index (χ4v) is 4.02. The van der Waals surface area contributed by atoms with Crippen molar-refractivity contribution in [3.63, 3.8) is 0 Å². The highest BCUT2D eigenvalue weighted by atomic mass is 16.2. The lowest BCUT2D eigenvalue weighted by Crippen LogP contribution is -2.34. The maximum Gasteiger partial charge on any atom is 0.254 e. The Balaban J connectivity index is 1.69. The normalized spacial score (nSPS) is 11.0. The van der Waals surface area contributed by atoms with E-state index in [1.807, 2.05) is 38.1 Å². The summed E-state index contributed by atoms with van der Waals surface area (Å²) in [5, 5.41) is 1.01. The molecular formula is C27H27N3O2. The van der Waals surface area contributed by atoms with Crippen LogP contribution < -0.4 is 5.56 Å². The zero-order valence-corrected chi connectivity index (χ0v) is 18.7. The van der Waals surface area contributed by atoms with Crippen LogP contribution in [-0.2, 0) is 13.0 Å². The number of amides is 1. The predicted molar refractivity (Wildman–Crippen MR) is 128 cm³/mol. The first-order valence-corrected chi connectivity index (χ1v) is 10.8. The summed E-state index contributed by atoms with van der Waals surface area (Å²) in [5.74, 6) is -0.110. The highest BCUT2D eigenvalue weighted by Crippen LogP contribution is 2.21. The molecule has 0 spiro atoms. The van der Waals surface area contributed by atoms with Crippen LogP contribution in [0.5, 0.6) is 0 Å². The molecule has 0 unspecified atom stereocenters. The summed E-state index contributed by atoms with van der Waals surface area (Å²) in [6.07, 6.45) is 3.94. The third-order valence-corrected chi connectivity index (χ3v) is 6.01. The third kappa shape index (κ3) is 4.47. The number of hydrogen-bond donors (Lipinski definition) is 1. The summed E-state index contributed by atoms with van der Waals surface area (Å²) in [6.45, 7) is 6.84. The molecule has 0 bridgehead atoms. The predicted octanol–water partition coefficient (Wildman–Crippen LogP) is 4.73. The zero-order chi connectivity index (χ0) is 22.7. The van der Waals surface area contributed by atoms with Crippen LogP contribution in [0.1, 0.15) is 38.2 Å². The Morgan fingerprint density at radius 2 is 1.62 bits per heavy atom. The van der Waals surface area contributed by atoms with Crippen LogP contribution in [0.3, 0.4) is 0 Å². The summed E-state index contributed by atoms with van der Waals surface area (Å²) in [5.41, 5.74) is 6.35. The van der Waals surface area contributed by atoms with Crippen molar-refractivity contribution in [2.24, 2.45) is 0 Å². The van der Waals surface area contributed by atoms with Crippen LogP contribution in [0.25, 0.3) is 10.9 Å². The molecule has 5 nitrogen and oxygen atoms in total. The number of benzene rings is 2. The first kappa shape index (κ1) is 21.5. The van der Waals surface area contributed by atoms with Crippen molar-refractivity contribution in [2.75, 3.05) is 6.54 Å². The molecule has 1 amide bonds. The standard InChI is InChI=1S/C27H27N3O2/c1-18-6-4-5-7-21(18)12-15-30(27(32)22-10-13-28-14-11-22)17-23-16-24-19(2)8-9-20(3)25(24)29-26(23)31/h4-11,13-14,16H,12,15,17H2,1-3H3,(H,29,31). The van der Waals surface area contributed by atoms with E-state index in [0.29, 0.717) is 24.1 Å². The SMILES string of the molecule is Cc1ccccc1CCN(Cc1cc2c(C)ccc(C)c2[nH]c1=O)C(=O)c1ccncc1. The van der Waals surface area contributed by atoms with Gasteiger partial charge in [-0.05, 0) is 67.6 Å². The van der Waals surface area contributed by atoms with Crippen molar-refractivity contribution in [1.82, 2.24) is 14.9 Å². The Labute approximate surface area is 187 Å². The van der Waals surface area contributed by atoms with E-state index in [0.717, 1.165) is 22.0 Å². The van der Waals surface area contributed by atoms with E-state index in [2.05, 4.69) is 35.1 Å². The van der Waals surface area contributed by atoms with Crippen molar-refractivity contribution in [3.8, 4) is 0 Å². The van der Waals surface area contributed by atoms with Crippen LogP contribution in [-0.4, -0.2) is 27.3 Å². The minimum absolute atomic E-state index is 0.110. The summed E-state index contributed by atoms with van der Waals surface area (Å²) in [4.78, 5) is 35.1. The van der Waals surface area contributed by atoms with E-state index in [-0.39, 0.29) is 18.0 Å². The Kier molecular flexibility index (Phi) is 6.17. The molecule has 4 rings (SSSR count). The monoisotopic (exact) mass is 425 g/mol. The molecule has 0 atom stereocenters. The van der Waals surface area contributed by atoms with Gasteiger partial charge in [0.15, 0.2) is 0 Å². The smallest absolute Gasteiger partial charge is 0.254 e. The number of hydrogen-bond acceptors (Lipinski definition) is 3. The molecule has 0 aliphatic rings. The van der Waals surface area contributed by atoms with Gasteiger partial charge >= 0.3 is 0 Å². The largest absolute Gasteiger partial charge is 0.334 e. The highest BCUT2D eigenvalue weighted by molar-refractivity contribution is 5.94. The maximum absolute atomic E-state index is 13.3. The molecule has 2 heterocycles. The first-order valence-electron chi connectivity index (χ1n) is 10.8. The van der Waals surface area contributed by atoms with Crippen LogP contribution in [0.2, 0.25) is 0 Å². The summed E-state index contributed by atoms with van der Waals surface area (Å²) < 4.78 is 0. The van der Waals surface area contributed by atoms with Gasteiger partial charge in [-0.3, -0.25) is 14.6 Å². The molecule has 0 aliphatic heterocycles. The van der Waals surface area contributed by atoms with Crippen molar-refractivity contribution in [3.05, 3.63) is 111 Å². The molecule has 0 fully saturated rings. The third-order valence-electron chi connectivity index (χ3n) is 6.01. The van der Waals surface area contributed by atoms with Crippen molar-refractivity contribution in [2.45, 2.75) is 33.7 Å². The van der Waals surface area contributed by atoms with Gasteiger partial charge < -0.3 is 9.88 Å². The topological polar surface area (TPSA) is 66.1 Å². The molecule has 32 heavy (non-hydrogen) atoms. The molecular weight excluding hydrogens is 398 g/mol. The fourth-order valence-electron chi connectivity index (χ4n) is 4.02. The fraction of sp³-hybridized carbons (Fsp3) is 0.222. The molecule has 2 aromatic carbocycles. The lowest BCUT2D eigenvalue weighted by Gasteiger charge is -2.23. The second-order valence-electron chi connectivity index (χ2n) is 8.25. The Morgan fingerprint density at radius 3 is 2.38 bits per heavy atom. The molecule has 0 radical (unpaired) electrons. The number of aromatic amines is 1. The number of carbonyl (C=O) groups is 1. The van der Waals surface area contributed by atoms with E-state index >= 15 is 0 Å². The number of H-pyrrole nitrogens is 1. The second kappa shape index (κ2) is 9.18. The van der Waals surface area contributed by atoms with E-state index in [4.69, 9.17) is 0 Å². The Bertz CT molecular complexity index is 1330. The van der Waals surface area contributed by atoms with Gasteiger partial charge in [0.05, 0.1) is 12.1 Å².